The minimum absolute atomic E-state index is 0.157. The van der Waals surface area contributed by atoms with Crippen LogP contribution in [0.3, 0.4) is 0 Å². The van der Waals surface area contributed by atoms with Gasteiger partial charge in [-0.1, -0.05) is 43.0 Å². The van der Waals surface area contributed by atoms with E-state index in [1.165, 1.54) is 11.6 Å². The van der Waals surface area contributed by atoms with Crippen molar-refractivity contribution in [3.63, 3.8) is 0 Å². The highest BCUT2D eigenvalue weighted by Crippen LogP contribution is 2.47. The molecule has 3 aliphatic rings. The highest BCUT2D eigenvalue weighted by atomic mass is 19.1. The molecule has 1 spiro atoms. The average molecular weight is 579 g/mol. The molecule has 2 aliphatic heterocycles. The highest BCUT2D eigenvalue weighted by molar-refractivity contribution is 5.75. The van der Waals surface area contributed by atoms with Crippen molar-refractivity contribution in [2.75, 3.05) is 31.1 Å². The van der Waals surface area contributed by atoms with Gasteiger partial charge in [0.2, 0.25) is 0 Å². The molecule has 4 heterocycles. The number of aromatic nitrogens is 4. The normalized spacial score (nSPS) is 25.5. The first-order valence-corrected chi connectivity index (χ1v) is 14.8. The zero-order valence-corrected chi connectivity index (χ0v) is 24.2. The monoisotopic (exact) mass is 578 g/mol. The second-order valence-corrected chi connectivity index (χ2v) is 12.3. The van der Waals surface area contributed by atoms with Crippen molar-refractivity contribution < 1.29 is 9.13 Å². The van der Waals surface area contributed by atoms with Gasteiger partial charge < -0.3 is 19.6 Å². The van der Waals surface area contributed by atoms with Crippen LogP contribution in [0.1, 0.15) is 36.8 Å². The van der Waals surface area contributed by atoms with Gasteiger partial charge in [0, 0.05) is 31.6 Å². The summed E-state index contributed by atoms with van der Waals surface area (Å²) in [5.41, 5.74) is 3.54. The summed E-state index contributed by atoms with van der Waals surface area (Å²) in [4.78, 5) is 31.2. The molecule has 0 saturated carbocycles. The second kappa shape index (κ2) is 10.6. The first-order chi connectivity index (χ1) is 20.8. The number of aromatic amines is 2. The Morgan fingerprint density at radius 3 is 2.77 bits per heavy atom. The number of H-pyrrole nitrogens is 2. The van der Waals surface area contributed by atoms with Crippen LogP contribution < -0.4 is 15.3 Å². The predicted molar refractivity (Wildman–Crippen MR) is 166 cm³/mol. The number of anilines is 1. The molecule has 2 aromatic carbocycles. The van der Waals surface area contributed by atoms with Gasteiger partial charge in [-0.05, 0) is 73.4 Å². The number of nitrogens with one attached hydrogen (secondary N) is 2. The van der Waals surface area contributed by atoms with Crippen LogP contribution in [-0.4, -0.2) is 56.6 Å². The number of rotatable bonds is 7. The summed E-state index contributed by atoms with van der Waals surface area (Å²) in [7, 11) is 0. The number of hydrogen-bond donors (Lipinski definition) is 2. The van der Waals surface area contributed by atoms with E-state index in [9.17, 15) is 9.18 Å². The van der Waals surface area contributed by atoms with E-state index in [2.05, 4.69) is 43.5 Å². The van der Waals surface area contributed by atoms with Gasteiger partial charge >= 0.3 is 5.69 Å². The van der Waals surface area contributed by atoms with E-state index in [4.69, 9.17) is 9.72 Å². The number of benzene rings is 2. The third-order valence-corrected chi connectivity index (χ3v) is 9.28. The molecule has 43 heavy (non-hydrogen) atoms. The molecule has 9 heteroatoms. The zero-order chi connectivity index (χ0) is 29.6. The fourth-order valence-electron chi connectivity index (χ4n) is 7.09. The van der Waals surface area contributed by atoms with Crippen molar-refractivity contribution >= 4 is 16.9 Å². The lowest BCUT2D eigenvalue weighted by atomic mass is 9.75. The number of likely N-dealkylation sites (tertiary alicyclic amines) is 1. The summed E-state index contributed by atoms with van der Waals surface area (Å²) in [5, 5.41) is 0. The largest absolute Gasteiger partial charge is 0.472 e. The maximum Gasteiger partial charge on any atom is 0.323 e. The van der Waals surface area contributed by atoms with Gasteiger partial charge in [0.05, 0.1) is 23.1 Å². The standard InChI is InChI=1S/C34H35FN6O2/c1-23(2)34(11-10-26(35)17-27(34)25-6-4-3-5-7-25)43-30-18-36-22-37-31(30)41-15-13-33(21-41)12-14-40(20-33)19-24-8-9-28-29(16-24)39-32(42)38-28/h3-11,16-18,22,27H,1,12-15,19-21H2,2H3,(H2,38,39,42). The van der Waals surface area contributed by atoms with Crippen LogP contribution in [0.4, 0.5) is 10.2 Å². The van der Waals surface area contributed by atoms with Crippen LogP contribution in [0.5, 0.6) is 5.75 Å². The van der Waals surface area contributed by atoms with Crippen LogP contribution in [0.15, 0.2) is 102 Å². The number of hydrogen-bond acceptors (Lipinski definition) is 6. The summed E-state index contributed by atoms with van der Waals surface area (Å²) < 4.78 is 21.5. The Labute approximate surface area is 249 Å². The molecule has 2 saturated heterocycles. The fourth-order valence-corrected chi connectivity index (χ4v) is 7.09. The maximum atomic E-state index is 14.6. The number of ether oxygens (including phenoxy) is 1. The number of allylic oxidation sites excluding steroid dienone is 2. The Bertz CT molecular complexity index is 1800. The van der Waals surface area contributed by atoms with Gasteiger partial charge in [-0.15, -0.1) is 0 Å². The molecule has 7 rings (SSSR count). The lowest BCUT2D eigenvalue weighted by Crippen LogP contribution is -2.43. The highest BCUT2D eigenvalue weighted by Gasteiger charge is 2.46. The van der Waals surface area contributed by atoms with Crippen molar-refractivity contribution in [1.82, 2.24) is 24.8 Å². The molecule has 1 aliphatic carbocycles. The van der Waals surface area contributed by atoms with E-state index in [0.717, 1.165) is 73.6 Å². The lowest BCUT2D eigenvalue weighted by Gasteiger charge is -2.40. The molecule has 2 aromatic heterocycles. The second-order valence-electron chi connectivity index (χ2n) is 12.3. The number of nitrogens with zero attached hydrogens (tertiary/aromatic N) is 4. The van der Waals surface area contributed by atoms with E-state index in [1.807, 2.05) is 43.3 Å². The molecule has 220 valence electrons. The van der Waals surface area contributed by atoms with Gasteiger partial charge in [-0.3, -0.25) is 4.90 Å². The molecular weight excluding hydrogens is 543 g/mol. The van der Waals surface area contributed by atoms with Crippen LogP contribution in [0.25, 0.3) is 11.0 Å². The van der Waals surface area contributed by atoms with Crippen molar-refractivity contribution in [1.29, 1.82) is 0 Å². The fraction of sp³-hybridized carbons (Fsp3) is 0.324. The summed E-state index contributed by atoms with van der Waals surface area (Å²) in [6, 6.07) is 15.9. The first kappa shape index (κ1) is 27.3. The Kier molecular flexibility index (Phi) is 6.77. The number of halogens is 1. The molecule has 3 unspecified atom stereocenters. The minimum Gasteiger partial charge on any atom is -0.472 e. The van der Waals surface area contributed by atoms with Crippen molar-refractivity contribution in [2.45, 2.75) is 37.8 Å². The molecule has 0 amide bonds. The third-order valence-electron chi connectivity index (χ3n) is 9.28. The quantitative estimate of drug-likeness (QED) is 0.276. The van der Waals surface area contributed by atoms with Crippen LogP contribution in [0, 0.1) is 5.41 Å². The van der Waals surface area contributed by atoms with Crippen LogP contribution in [-0.2, 0) is 6.54 Å². The Morgan fingerprint density at radius 2 is 1.93 bits per heavy atom. The lowest BCUT2D eigenvalue weighted by molar-refractivity contribution is 0.138. The van der Waals surface area contributed by atoms with Gasteiger partial charge in [-0.2, -0.15) is 0 Å². The van der Waals surface area contributed by atoms with Gasteiger partial charge in [0.15, 0.2) is 17.2 Å². The van der Waals surface area contributed by atoms with Crippen molar-refractivity contribution in [3.05, 3.63) is 119 Å². The molecule has 2 N–H and O–H groups in total. The first-order valence-electron chi connectivity index (χ1n) is 14.8. The minimum atomic E-state index is -0.997. The van der Waals surface area contributed by atoms with Crippen LogP contribution >= 0.6 is 0 Å². The van der Waals surface area contributed by atoms with E-state index < -0.39 is 11.5 Å². The van der Waals surface area contributed by atoms with Crippen molar-refractivity contribution in [2.24, 2.45) is 5.41 Å². The van der Waals surface area contributed by atoms with E-state index in [-0.39, 0.29) is 16.9 Å². The summed E-state index contributed by atoms with van der Waals surface area (Å²) in [6.45, 7) is 10.8. The summed E-state index contributed by atoms with van der Waals surface area (Å²) >= 11 is 0. The van der Waals surface area contributed by atoms with E-state index >= 15 is 0 Å². The van der Waals surface area contributed by atoms with Gasteiger partial charge in [-0.25, -0.2) is 19.2 Å². The SMILES string of the molecule is C=C(C)C1(Oc2cncnc2N2CCC3(CCN(Cc4ccc5[nH]c(=O)[nH]c5c4)C3)C2)C=CC(F)=CC1c1ccccc1. The number of fused-ring (bicyclic) bond motifs is 1. The maximum absolute atomic E-state index is 14.6. The topological polar surface area (TPSA) is 90.1 Å². The molecule has 2 fully saturated rings. The van der Waals surface area contributed by atoms with Crippen LogP contribution in [0.2, 0.25) is 0 Å². The van der Waals surface area contributed by atoms with Gasteiger partial charge in [0.1, 0.15) is 12.2 Å². The zero-order valence-electron chi connectivity index (χ0n) is 24.2. The Balaban J connectivity index is 1.11. The predicted octanol–water partition coefficient (Wildman–Crippen LogP) is 5.65. The third kappa shape index (κ3) is 5.07. The molecule has 4 aromatic rings. The van der Waals surface area contributed by atoms with Crippen molar-refractivity contribution in [3.8, 4) is 5.75 Å². The summed E-state index contributed by atoms with van der Waals surface area (Å²) in [6.07, 6.45) is 10.3. The molecular formula is C34H35FN6O2. The average Bonchev–Trinajstić information content (AvgIpc) is 3.72. The van der Waals surface area contributed by atoms with E-state index in [1.54, 1.807) is 24.7 Å². The van der Waals surface area contributed by atoms with E-state index in [0.29, 0.717) is 5.75 Å². The Hall–Kier alpha value is -4.50. The molecule has 8 nitrogen and oxygen atoms in total. The molecule has 3 atom stereocenters. The van der Waals surface area contributed by atoms with Gasteiger partial charge in [0.25, 0.3) is 0 Å². The Morgan fingerprint density at radius 1 is 1.12 bits per heavy atom. The summed E-state index contributed by atoms with van der Waals surface area (Å²) in [5.74, 6) is 0.615. The molecule has 0 radical (unpaired) electrons. The molecule has 0 bridgehead atoms. The number of imidazole rings is 1. The smallest absolute Gasteiger partial charge is 0.323 e.